The molecule has 0 bridgehead atoms. The molecule has 30 heavy (non-hydrogen) atoms. The van der Waals surface area contributed by atoms with Gasteiger partial charge in [0.1, 0.15) is 5.75 Å². The van der Waals surface area contributed by atoms with Gasteiger partial charge in [-0.05, 0) is 30.3 Å². The molecule has 0 radical (unpaired) electrons. The van der Waals surface area contributed by atoms with Gasteiger partial charge in [0.05, 0.1) is 23.4 Å². The van der Waals surface area contributed by atoms with Crippen LogP contribution in [0.25, 0.3) is 0 Å². The average molecular weight is 462 g/mol. The van der Waals surface area contributed by atoms with Crippen molar-refractivity contribution in [2.45, 2.75) is 11.2 Å². The van der Waals surface area contributed by atoms with Crippen molar-refractivity contribution >= 4 is 33.2 Å². The molecular formula is C18H18ClF2N3O5S. The van der Waals surface area contributed by atoms with Gasteiger partial charge in [-0.25, -0.2) is 0 Å². The van der Waals surface area contributed by atoms with Crippen LogP contribution < -0.4 is 28.3 Å². The molecule has 2 aromatic rings. The van der Waals surface area contributed by atoms with E-state index in [1.165, 1.54) is 25.3 Å². The summed E-state index contributed by atoms with van der Waals surface area (Å²) in [6, 6.07) is 7.88. The molecule has 0 amide bonds. The number of hydrogen-bond donors (Lipinski definition) is 1. The second-order valence-electron chi connectivity index (χ2n) is 6.59. The SMILES string of the molecule is COc1ccc(S(=O)(=O)N(Cl)c2ccc3c(c2)OC(F)(F)O3)cc1N1CCNCC1. The minimum atomic E-state index is -4.21. The summed E-state index contributed by atoms with van der Waals surface area (Å²) >= 11 is 6.12. The smallest absolute Gasteiger partial charge is 0.495 e. The Balaban J connectivity index is 1.67. The second-order valence-corrected chi connectivity index (χ2v) is 8.91. The van der Waals surface area contributed by atoms with E-state index in [9.17, 15) is 17.2 Å². The van der Waals surface area contributed by atoms with Gasteiger partial charge in [-0.15, -0.1) is 8.78 Å². The highest BCUT2D eigenvalue weighted by Gasteiger charge is 2.43. The Labute approximate surface area is 177 Å². The molecule has 1 saturated heterocycles. The van der Waals surface area contributed by atoms with Crippen molar-refractivity contribution in [1.29, 1.82) is 0 Å². The fourth-order valence-electron chi connectivity index (χ4n) is 3.26. The molecule has 0 saturated carbocycles. The zero-order valence-electron chi connectivity index (χ0n) is 15.8. The number of nitrogens with one attached hydrogen (secondary N) is 1. The summed E-state index contributed by atoms with van der Waals surface area (Å²) in [6.45, 7) is 2.87. The number of halogens is 3. The van der Waals surface area contributed by atoms with Crippen LogP contribution in [-0.2, 0) is 10.0 Å². The summed E-state index contributed by atoms with van der Waals surface area (Å²) in [5, 5.41) is 3.23. The molecule has 2 aromatic carbocycles. The fraction of sp³-hybridized carbons (Fsp3) is 0.333. The van der Waals surface area contributed by atoms with Crippen molar-refractivity contribution in [1.82, 2.24) is 5.32 Å². The van der Waals surface area contributed by atoms with Gasteiger partial charge in [0.15, 0.2) is 11.5 Å². The van der Waals surface area contributed by atoms with Crippen molar-refractivity contribution in [2.75, 3.05) is 42.0 Å². The van der Waals surface area contributed by atoms with E-state index in [1.54, 1.807) is 6.07 Å². The van der Waals surface area contributed by atoms with Crippen LogP contribution in [0.2, 0.25) is 0 Å². The maximum absolute atomic E-state index is 13.2. The number of ether oxygens (including phenoxy) is 3. The molecular weight excluding hydrogens is 444 g/mol. The maximum atomic E-state index is 13.2. The summed E-state index contributed by atoms with van der Waals surface area (Å²) in [5.41, 5.74) is 0.548. The van der Waals surface area contributed by atoms with E-state index in [1.807, 2.05) is 4.90 Å². The van der Waals surface area contributed by atoms with E-state index in [0.717, 1.165) is 25.2 Å². The molecule has 0 aromatic heterocycles. The molecule has 4 rings (SSSR count). The minimum Gasteiger partial charge on any atom is -0.495 e. The van der Waals surface area contributed by atoms with Crippen LogP contribution in [0.5, 0.6) is 17.2 Å². The van der Waals surface area contributed by atoms with Gasteiger partial charge in [-0.2, -0.15) is 12.2 Å². The first-order valence-corrected chi connectivity index (χ1v) is 10.7. The highest BCUT2D eigenvalue weighted by atomic mass is 35.5. The van der Waals surface area contributed by atoms with Crippen LogP contribution in [-0.4, -0.2) is 48.0 Å². The van der Waals surface area contributed by atoms with Crippen molar-refractivity contribution in [2.24, 2.45) is 0 Å². The number of methoxy groups -OCH3 is 1. The molecule has 2 aliphatic heterocycles. The number of sulfonamides is 1. The first-order valence-electron chi connectivity index (χ1n) is 8.96. The molecule has 1 fully saturated rings. The largest absolute Gasteiger partial charge is 0.586 e. The predicted octanol–water partition coefficient (Wildman–Crippen LogP) is 2.78. The number of benzene rings is 2. The fourth-order valence-corrected chi connectivity index (χ4v) is 4.68. The van der Waals surface area contributed by atoms with E-state index >= 15 is 0 Å². The van der Waals surface area contributed by atoms with Crippen LogP contribution in [0.1, 0.15) is 0 Å². The standard InChI is InChI=1S/C18H18ClF2N3O5S/c1-27-15-5-3-13(11-14(15)23-8-6-22-7-9-23)30(25,26)24(19)12-2-4-16-17(10-12)29-18(20,21)28-16/h2-5,10-11,22H,6-9H2,1H3. The van der Waals surface area contributed by atoms with E-state index in [4.69, 9.17) is 16.5 Å². The van der Waals surface area contributed by atoms with Crippen molar-refractivity contribution in [3.05, 3.63) is 36.4 Å². The van der Waals surface area contributed by atoms with Gasteiger partial charge in [-0.1, -0.05) is 0 Å². The first-order chi connectivity index (χ1) is 14.2. The van der Waals surface area contributed by atoms with Crippen LogP contribution >= 0.6 is 11.8 Å². The second kappa shape index (κ2) is 7.64. The number of piperazine rings is 1. The van der Waals surface area contributed by atoms with E-state index < -0.39 is 16.3 Å². The van der Waals surface area contributed by atoms with E-state index in [2.05, 4.69) is 14.8 Å². The number of hydrogen-bond acceptors (Lipinski definition) is 7. The zero-order valence-corrected chi connectivity index (χ0v) is 17.3. The summed E-state index contributed by atoms with van der Waals surface area (Å²) in [7, 11) is -2.70. The highest BCUT2D eigenvalue weighted by Crippen LogP contribution is 2.44. The van der Waals surface area contributed by atoms with Crippen molar-refractivity contribution in [3.63, 3.8) is 0 Å². The predicted molar refractivity (Wildman–Crippen MR) is 106 cm³/mol. The number of rotatable bonds is 5. The average Bonchev–Trinajstić information content (AvgIpc) is 3.06. The van der Waals surface area contributed by atoms with Crippen LogP contribution in [0.4, 0.5) is 20.2 Å². The molecule has 0 unspecified atom stereocenters. The van der Waals surface area contributed by atoms with Gasteiger partial charge in [0.25, 0.3) is 10.0 Å². The Hall–Kier alpha value is -2.50. The molecule has 1 N–H and O–H groups in total. The third kappa shape index (κ3) is 3.80. The van der Waals surface area contributed by atoms with Crippen molar-refractivity contribution < 1.29 is 31.4 Å². The number of alkyl halides is 2. The third-order valence-electron chi connectivity index (χ3n) is 4.70. The number of nitrogens with zero attached hydrogens (tertiary/aromatic N) is 2. The first kappa shape index (κ1) is 20.8. The van der Waals surface area contributed by atoms with Crippen LogP contribution in [0.15, 0.2) is 41.3 Å². The molecule has 162 valence electrons. The van der Waals surface area contributed by atoms with Crippen LogP contribution in [0, 0.1) is 0 Å². The summed E-state index contributed by atoms with van der Waals surface area (Å²) in [5.74, 6) is 0.00789. The van der Waals surface area contributed by atoms with Crippen molar-refractivity contribution in [3.8, 4) is 17.2 Å². The summed E-state index contributed by atoms with van der Waals surface area (Å²) < 4.78 is 67.2. The summed E-state index contributed by atoms with van der Waals surface area (Å²) in [4.78, 5) is 1.94. The Kier molecular flexibility index (Phi) is 5.28. The molecule has 0 atom stereocenters. The van der Waals surface area contributed by atoms with Gasteiger partial charge in [0.2, 0.25) is 0 Å². The quantitative estimate of drug-likeness (QED) is 0.686. The third-order valence-corrected chi connectivity index (χ3v) is 6.93. The Morgan fingerprint density at radius 3 is 2.53 bits per heavy atom. The zero-order chi connectivity index (χ0) is 21.5. The normalized spacial score (nSPS) is 17.7. The van der Waals surface area contributed by atoms with E-state index in [0.29, 0.717) is 28.4 Å². The Morgan fingerprint density at radius 1 is 1.13 bits per heavy atom. The lowest BCUT2D eigenvalue weighted by Gasteiger charge is -2.31. The molecule has 0 spiro atoms. The Morgan fingerprint density at radius 2 is 1.83 bits per heavy atom. The number of anilines is 2. The Bertz CT molecular complexity index is 1060. The lowest BCUT2D eigenvalue weighted by atomic mass is 10.2. The topological polar surface area (TPSA) is 80.3 Å². The van der Waals surface area contributed by atoms with E-state index in [-0.39, 0.29) is 22.1 Å². The van der Waals surface area contributed by atoms with Crippen LogP contribution in [0.3, 0.4) is 0 Å². The molecule has 8 nitrogen and oxygen atoms in total. The van der Waals surface area contributed by atoms with Gasteiger partial charge < -0.3 is 24.4 Å². The molecule has 12 heteroatoms. The lowest BCUT2D eigenvalue weighted by Crippen LogP contribution is -2.43. The number of fused-ring (bicyclic) bond motifs is 1. The molecule has 2 heterocycles. The summed E-state index contributed by atoms with van der Waals surface area (Å²) in [6.07, 6.45) is -3.81. The van der Waals surface area contributed by atoms with Gasteiger partial charge >= 0.3 is 6.29 Å². The monoisotopic (exact) mass is 461 g/mol. The molecule has 2 aliphatic rings. The minimum absolute atomic E-state index is 0.0729. The lowest BCUT2D eigenvalue weighted by molar-refractivity contribution is -0.286. The van der Waals surface area contributed by atoms with Gasteiger partial charge in [0, 0.05) is 44.0 Å². The molecule has 0 aliphatic carbocycles. The maximum Gasteiger partial charge on any atom is 0.586 e. The van der Waals surface area contributed by atoms with Gasteiger partial charge in [-0.3, -0.25) is 0 Å². The highest BCUT2D eigenvalue weighted by molar-refractivity contribution is 7.94.